The van der Waals surface area contributed by atoms with Crippen molar-refractivity contribution in [2.45, 2.75) is 18.9 Å². The molecule has 0 aliphatic carbocycles. The molecule has 0 spiro atoms. The zero-order valence-electron chi connectivity index (χ0n) is 11.3. The van der Waals surface area contributed by atoms with Crippen LogP contribution in [0.1, 0.15) is 24.6 Å². The fourth-order valence-corrected chi connectivity index (χ4v) is 2.48. The summed E-state index contributed by atoms with van der Waals surface area (Å²) in [5.41, 5.74) is 1.17. The molecule has 0 saturated carbocycles. The van der Waals surface area contributed by atoms with Gasteiger partial charge < -0.3 is 19.4 Å². The number of imidazole rings is 1. The number of nitrogens with zero attached hydrogens (tertiary/aromatic N) is 2. The first-order valence-corrected chi connectivity index (χ1v) is 6.60. The van der Waals surface area contributed by atoms with Gasteiger partial charge in [-0.3, -0.25) is 0 Å². The van der Waals surface area contributed by atoms with Crippen LogP contribution in [0.25, 0.3) is 0 Å². The van der Waals surface area contributed by atoms with Crippen molar-refractivity contribution in [3.63, 3.8) is 0 Å². The van der Waals surface area contributed by atoms with Crippen LogP contribution < -0.4 is 5.32 Å². The standard InChI is InChI=1S/C13H23N3O2/c1-16-10-15-9-12(16)13-11(4-3-6-18-13)8-14-5-7-17-2/h9-11,13-14H,3-8H2,1-2H3. The SMILES string of the molecule is COCCNCC1CCCOC1c1cncn1C. The number of ether oxygens (including phenoxy) is 2. The predicted molar refractivity (Wildman–Crippen MR) is 69.4 cm³/mol. The summed E-state index contributed by atoms with van der Waals surface area (Å²) in [5, 5.41) is 3.43. The predicted octanol–water partition coefficient (Wildman–Crippen LogP) is 1.12. The van der Waals surface area contributed by atoms with E-state index in [1.807, 2.05) is 19.6 Å². The van der Waals surface area contributed by atoms with Gasteiger partial charge in [-0.15, -0.1) is 0 Å². The van der Waals surface area contributed by atoms with Crippen LogP contribution in [0, 0.1) is 5.92 Å². The molecule has 1 aromatic rings. The zero-order valence-corrected chi connectivity index (χ0v) is 11.3. The summed E-state index contributed by atoms with van der Waals surface area (Å²) in [5.74, 6) is 0.519. The van der Waals surface area contributed by atoms with E-state index >= 15 is 0 Å². The van der Waals surface area contributed by atoms with Crippen molar-refractivity contribution >= 4 is 0 Å². The van der Waals surface area contributed by atoms with E-state index in [1.165, 1.54) is 12.1 Å². The first kappa shape index (κ1) is 13.5. The minimum absolute atomic E-state index is 0.168. The highest BCUT2D eigenvalue weighted by atomic mass is 16.5. The number of rotatable bonds is 6. The van der Waals surface area contributed by atoms with Gasteiger partial charge in [0.15, 0.2) is 0 Å². The molecule has 2 rings (SSSR count). The average Bonchev–Trinajstić information content (AvgIpc) is 2.81. The molecule has 2 unspecified atom stereocenters. The van der Waals surface area contributed by atoms with E-state index in [4.69, 9.17) is 9.47 Å². The van der Waals surface area contributed by atoms with Crippen LogP contribution in [0.5, 0.6) is 0 Å². The van der Waals surface area contributed by atoms with Gasteiger partial charge in [0.05, 0.1) is 24.8 Å². The van der Waals surface area contributed by atoms with Crippen molar-refractivity contribution in [2.24, 2.45) is 13.0 Å². The minimum atomic E-state index is 0.168. The highest BCUT2D eigenvalue weighted by molar-refractivity contribution is 5.05. The van der Waals surface area contributed by atoms with Crippen molar-refractivity contribution in [1.29, 1.82) is 0 Å². The minimum Gasteiger partial charge on any atom is -0.383 e. The molecular weight excluding hydrogens is 230 g/mol. The van der Waals surface area contributed by atoms with Crippen molar-refractivity contribution in [3.05, 3.63) is 18.2 Å². The molecule has 5 nitrogen and oxygen atoms in total. The molecule has 2 atom stereocenters. The molecule has 0 bridgehead atoms. The Bertz CT molecular complexity index is 354. The van der Waals surface area contributed by atoms with Gasteiger partial charge in [-0.05, 0) is 12.8 Å². The summed E-state index contributed by atoms with van der Waals surface area (Å²) in [6, 6.07) is 0. The average molecular weight is 253 g/mol. The maximum Gasteiger partial charge on any atom is 0.103 e. The molecule has 5 heteroatoms. The molecule has 18 heavy (non-hydrogen) atoms. The fourth-order valence-electron chi connectivity index (χ4n) is 2.48. The van der Waals surface area contributed by atoms with E-state index in [2.05, 4.69) is 14.9 Å². The summed E-state index contributed by atoms with van der Waals surface area (Å²) in [4.78, 5) is 4.18. The lowest BCUT2D eigenvalue weighted by molar-refractivity contribution is -0.0319. The molecule has 0 amide bonds. The molecular formula is C13H23N3O2. The van der Waals surface area contributed by atoms with Gasteiger partial charge in [-0.1, -0.05) is 0 Å². The van der Waals surface area contributed by atoms with Crippen LogP contribution in [0.2, 0.25) is 0 Å². The Morgan fingerprint density at radius 2 is 2.50 bits per heavy atom. The topological polar surface area (TPSA) is 48.3 Å². The maximum atomic E-state index is 5.94. The van der Waals surface area contributed by atoms with Gasteiger partial charge in [0.1, 0.15) is 6.10 Å². The van der Waals surface area contributed by atoms with E-state index < -0.39 is 0 Å². The van der Waals surface area contributed by atoms with Gasteiger partial charge in [0.25, 0.3) is 0 Å². The largest absolute Gasteiger partial charge is 0.383 e. The van der Waals surface area contributed by atoms with Crippen molar-refractivity contribution < 1.29 is 9.47 Å². The Balaban J connectivity index is 1.92. The Kier molecular flexibility index (Phi) is 5.16. The Hall–Kier alpha value is -0.910. The van der Waals surface area contributed by atoms with Crippen LogP contribution in [0.3, 0.4) is 0 Å². The van der Waals surface area contributed by atoms with E-state index in [1.54, 1.807) is 7.11 Å². The lowest BCUT2D eigenvalue weighted by atomic mass is 9.92. The summed E-state index contributed by atoms with van der Waals surface area (Å²) in [6.07, 6.45) is 6.27. The fraction of sp³-hybridized carbons (Fsp3) is 0.769. The number of hydrogen-bond acceptors (Lipinski definition) is 4. The highest BCUT2D eigenvalue weighted by Crippen LogP contribution is 2.32. The summed E-state index contributed by atoms with van der Waals surface area (Å²) in [6.45, 7) is 3.47. The second-order valence-corrected chi connectivity index (χ2v) is 4.82. The quantitative estimate of drug-likeness (QED) is 0.772. The smallest absolute Gasteiger partial charge is 0.103 e. The number of aromatic nitrogens is 2. The number of hydrogen-bond donors (Lipinski definition) is 1. The van der Waals surface area contributed by atoms with E-state index in [9.17, 15) is 0 Å². The van der Waals surface area contributed by atoms with Crippen LogP contribution in [-0.4, -0.2) is 43.0 Å². The Morgan fingerprint density at radius 1 is 1.61 bits per heavy atom. The van der Waals surface area contributed by atoms with Gasteiger partial charge in [0, 0.05) is 39.8 Å². The molecule has 0 aromatic carbocycles. The maximum absolute atomic E-state index is 5.94. The van der Waals surface area contributed by atoms with Crippen molar-refractivity contribution in [3.8, 4) is 0 Å². The lowest BCUT2D eigenvalue weighted by Crippen LogP contribution is -2.34. The summed E-state index contributed by atoms with van der Waals surface area (Å²) < 4.78 is 13.0. The van der Waals surface area contributed by atoms with Crippen LogP contribution in [-0.2, 0) is 16.5 Å². The van der Waals surface area contributed by atoms with Crippen LogP contribution >= 0.6 is 0 Å². The van der Waals surface area contributed by atoms with Crippen LogP contribution in [0.15, 0.2) is 12.5 Å². The Labute approximate surface area is 108 Å². The third-order valence-corrected chi connectivity index (χ3v) is 3.48. The normalized spacial score (nSPS) is 24.3. The van der Waals surface area contributed by atoms with E-state index in [0.717, 1.165) is 32.7 Å². The van der Waals surface area contributed by atoms with Gasteiger partial charge in [-0.25, -0.2) is 4.98 Å². The third kappa shape index (κ3) is 3.31. The second-order valence-electron chi connectivity index (χ2n) is 4.82. The molecule has 1 saturated heterocycles. The zero-order chi connectivity index (χ0) is 12.8. The van der Waals surface area contributed by atoms with Crippen LogP contribution in [0.4, 0.5) is 0 Å². The second kappa shape index (κ2) is 6.87. The van der Waals surface area contributed by atoms with Gasteiger partial charge >= 0.3 is 0 Å². The molecule has 2 heterocycles. The molecule has 1 fully saturated rings. The van der Waals surface area contributed by atoms with Crippen molar-refractivity contribution in [2.75, 3.05) is 33.4 Å². The summed E-state index contributed by atoms with van der Waals surface area (Å²) in [7, 11) is 3.75. The lowest BCUT2D eigenvalue weighted by Gasteiger charge is -2.32. The molecule has 102 valence electrons. The molecule has 0 radical (unpaired) electrons. The monoisotopic (exact) mass is 253 g/mol. The Morgan fingerprint density at radius 3 is 3.22 bits per heavy atom. The van der Waals surface area contributed by atoms with E-state index in [-0.39, 0.29) is 6.10 Å². The van der Waals surface area contributed by atoms with Gasteiger partial charge in [-0.2, -0.15) is 0 Å². The molecule has 1 N–H and O–H groups in total. The first-order chi connectivity index (χ1) is 8.83. The molecule has 1 aromatic heterocycles. The molecule has 1 aliphatic heterocycles. The van der Waals surface area contributed by atoms with E-state index in [0.29, 0.717) is 5.92 Å². The highest BCUT2D eigenvalue weighted by Gasteiger charge is 2.28. The molecule has 1 aliphatic rings. The number of nitrogens with one attached hydrogen (secondary N) is 1. The summed E-state index contributed by atoms with van der Waals surface area (Å²) >= 11 is 0. The number of methoxy groups -OCH3 is 1. The number of aryl methyl sites for hydroxylation is 1. The first-order valence-electron chi connectivity index (χ1n) is 6.60. The van der Waals surface area contributed by atoms with Crippen molar-refractivity contribution in [1.82, 2.24) is 14.9 Å². The third-order valence-electron chi connectivity index (χ3n) is 3.48. The van der Waals surface area contributed by atoms with Gasteiger partial charge in [0.2, 0.25) is 0 Å².